The van der Waals surface area contributed by atoms with Gasteiger partial charge < -0.3 is 20.7 Å². The lowest BCUT2D eigenvalue weighted by molar-refractivity contribution is -0.173. The molecule has 0 heterocycles. The summed E-state index contributed by atoms with van der Waals surface area (Å²) in [5.41, 5.74) is -0.931. The number of carbonyl (C=O) groups is 3. The Morgan fingerprint density at radius 1 is 0.925 bits per heavy atom. The summed E-state index contributed by atoms with van der Waals surface area (Å²) < 4.78 is 83.1. The zero-order valence-corrected chi connectivity index (χ0v) is 22.2. The van der Waals surface area contributed by atoms with Gasteiger partial charge in [0.2, 0.25) is 0 Å². The number of halogens is 8. The second-order valence-electron chi connectivity index (χ2n) is 7.90. The summed E-state index contributed by atoms with van der Waals surface area (Å²) in [6.07, 6.45) is -8.01. The Bertz CT molecular complexity index is 1420. The number of ether oxygens (including phenoxy) is 1. The first-order chi connectivity index (χ1) is 18.8. The lowest BCUT2D eigenvalue weighted by atomic mass is 10.1. The van der Waals surface area contributed by atoms with Crippen LogP contribution in [0.1, 0.15) is 26.3 Å². The number of benzene rings is 3. The monoisotopic (exact) mass is 651 g/mol. The molecule has 0 bridgehead atoms. The zero-order chi connectivity index (χ0) is 29.6. The van der Waals surface area contributed by atoms with Gasteiger partial charge in [-0.2, -0.15) is 13.2 Å². The van der Waals surface area contributed by atoms with Crippen LogP contribution in [0.25, 0.3) is 0 Å². The number of nitrogens with one attached hydrogen (secondary N) is 3. The Morgan fingerprint density at radius 2 is 1.55 bits per heavy atom. The molecule has 0 radical (unpaired) electrons. The van der Waals surface area contributed by atoms with Crippen LogP contribution in [0, 0.1) is 5.82 Å². The first-order valence-corrected chi connectivity index (χ1v) is 12.2. The Hall–Kier alpha value is -3.78. The molecular weight excluding hydrogens is 636 g/mol. The van der Waals surface area contributed by atoms with E-state index >= 15 is 0 Å². The van der Waals surface area contributed by atoms with Crippen LogP contribution in [0.4, 0.5) is 37.7 Å². The second-order valence-corrected chi connectivity index (χ2v) is 9.20. The van der Waals surface area contributed by atoms with Gasteiger partial charge in [0.15, 0.2) is 0 Å². The average molecular weight is 653 g/mol. The molecule has 0 saturated carbocycles. The first-order valence-electron chi connectivity index (χ1n) is 11.0. The quantitative estimate of drug-likeness (QED) is 0.228. The van der Waals surface area contributed by atoms with E-state index in [-0.39, 0.29) is 22.6 Å². The highest BCUT2D eigenvalue weighted by atomic mass is 79.9. The Morgan fingerprint density at radius 3 is 2.17 bits per heavy atom. The van der Waals surface area contributed by atoms with E-state index in [4.69, 9.17) is 16.3 Å². The van der Waals surface area contributed by atoms with Crippen molar-refractivity contribution in [1.29, 1.82) is 0 Å². The van der Waals surface area contributed by atoms with Gasteiger partial charge in [-0.3, -0.25) is 14.4 Å². The Balaban J connectivity index is 1.87. The van der Waals surface area contributed by atoms with E-state index in [9.17, 15) is 40.7 Å². The Kier molecular flexibility index (Phi) is 10.0. The van der Waals surface area contributed by atoms with E-state index < -0.39 is 59.9 Å². The summed E-state index contributed by atoms with van der Waals surface area (Å²) in [6, 6.07) is 11.6. The summed E-state index contributed by atoms with van der Waals surface area (Å²) in [5, 5.41) is 5.85. The van der Waals surface area contributed by atoms with Gasteiger partial charge >= 0.3 is 12.1 Å². The van der Waals surface area contributed by atoms with Gasteiger partial charge in [0.25, 0.3) is 18.2 Å². The molecule has 3 rings (SSSR count). The van der Waals surface area contributed by atoms with Gasteiger partial charge in [0.05, 0.1) is 16.1 Å². The molecule has 3 aromatic rings. The predicted molar refractivity (Wildman–Crippen MR) is 137 cm³/mol. The predicted octanol–water partition coefficient (Wildman–Crippen LogP) is 6.57. The lowest BCUT2D eigenvalue weighted by Gasteiger charge is -2.15. The van der Waals surface area contributed by atoms with E-state index in [2.05, 4.69) is 26.6 Å². The minimum atomic E-state index is -5.17. The normalized spacial score (nSPS) is 11.2. The molecule has 0 aliphatic rings. The molecule has 3 amide bonds. The van der Waals surface area contributed by atoms with Crippen molar-refractivity contribution >= 4 is 56.6 Å². The molecule has 3 N–H and O–H groups in total. The zero-order valence-electron chi connectivity index (χ0n) is 19.8. The third-order valence-corrected chi connectivity index (χ3v) is 6.00. The molecule has 0 spiro atoms. The fourth-order valence-electron chi connectivity index (χ4n) is 3.21. The molecule has 0 unspecified atom stereocenters. The number of hydrogen-bond donors (Lipinski definition) is 3. The number of rotatable bonds is 9. The van der Waals surface area contributed by atoms with E-state index in [1.165, 1.54) is 6.07 Å². The third kappa shape index (κ3) is 8.11. The van der Waals surface area contributed by atoms with E-state index in [0.717, 1.165) is 28.7 Å². The number of hydrogen-bond acceptors (Lipinski definition) is 4. The lowest BCUT2D eigenvalue weighted by Crippen LogP contribution is -2.36. The van der Waals surface area contributed by atoms with Crippen molar-refractivity contribution in [3.8, 4) is 5.75 Å². The van der Waals surface area contributed by atoms with Crippen LogP contribution in [0.5, 0.6) is 5.75 Å². The van der Waals surface area contributed by atoms with Crippen LogP contribution in [0.2, 0.25) is 5.02 Å². The van der Waals surface area contributed by atoms with Gasteiger partial charge in [-0.25, -0.2) is 13.2 Å². The van der Waals surface area contributed by atoms with Crippen molar-refractivity contribution in [2.45, 2.75) is 19.1 Å². The van der Waals surface area contributed by atoms with Crippen molar-refractivity contribution in [2.75, 3.05) is 17.2 Å². The van der Waals surface area contributed by atoms with Gasteiger partial charge in [-0.1, -0.05) is 33.6 Å². The summed E-state index contributed by atoms with van der Waals surface area (Å²) >= 11 is 9.31. The van der Waals surface area contributed by atoms with Crippen LogP contribution >= 0.6 is 27.5 Å². The van der Waals surface area contributed by atoms with Crippen molar-refractivity contribution in [3.05, 3.63) is 86.6 Å². The summed E-state index contributed by atoms with van der Waals surface area (Å²) in [6.45, 7) is -1.78. The average Bonchev–Trinajstić information content (AvgIpc) is 2.88. The van der Waals surface area contributed by atoms with E-state index in [1.807, 2.05) is 0 Å². The topological polar surface area (TPSA) is 96.5 Å². The molecule has 3 aromatic carbocycles. The van der Waals surface area contributed by atoms with Crippen LogP contribution in [-0.2, 0) is 11.3 Å². The highest BCUT2D eigenvalue weighted by Crippen LogP contribution is 2.28. The molecule has 0 saturated heterocycles. The summed E-state index contributed by atoms with van der Waals surface area (Å²) in [5.74, 6) is -5.55. The maximum atomic E-state index is 14.5. The molecule has 212 valence electrons. The summed E-state index contributed by atoms with van der Waals surface area (Å²) in [7, 11) is 0. The SMILES string of the molecule is O=C(Nc1ccc(Br)cc1)c1cc(NC(=O)c2c(F)ccc(CNC(=O)C(F)(F)F)c2Cl)ccc1OCC(F)F. The van der Waals surface area contributed by atoms with Crippen LogP contribution < -0.4 is 20.7 Å². The fourth-order valence-corrected chi connectivity index (χ4v) is 3.78. The van der Waals surface area contributed by atoms with Crippen LogP contribution in [0.15, 0.2) is 59.1 Å². The molecule has 0 atom stereocenters. The minimum absolute atomic E-state index is 0.0957. The van der Waals surface area contributed by atoms with Gasteiger partial charge in [0.1, 0.15) is 18.2 Å². The maximum Gasteiger partial charge on any atom is 0.471 e. The molecule has 0 aromatic heterocycles. The number of carbonyl (C=O) groups excluding carboxylic acids is 3. The van der Waals surface area contributed by atoms with Crippen molar-refractivity contribution in [3.63, 3.8) is 0 Å². The smallest absolute Gasteiger partial charge is 0.471 e. The molecule has 0 aliphatic heterocycles. The van der Waals surface area contributed by atoms with Crippen molar-refractivity contribution in [1.82, 2.24) is 5.32 Å². The highest BCUT2D eigenvalue weighted by Gasteiger charge is 2.38. The highest BCUT2D eigenvalue weighted by molar-refractivity contribution is 9.10. The van der Waals surface area contributed by atoms with Gasteiger partial charge in [-0.05, 0) is 54.1 Å². The van der Waals surface area contributed by atoms with Crippen LogP contribution in [-0.4, -0.2) is 36.9 Å². The van der Waals surface area contributed by atoms with Crippen LogP contribution in [0.3, 0.4) is 0 Å². The first kappa shape index (κ1) is 30.8. The fraction of sp³-hybridized carbons (Fsp3) is 0.160. The number of amides is 3. The van der Waals surface area contributed by atoms with Crippen molar-refractivity contribution < 1.29 is 45.5 Å². The minimum Gasteiger partial charge on any atom is -0.487 e. The standard InChI is InChI=1S/C25H17BrClF6N3O4/c26-13-2-4-14(5-3-13)35-22(37)16-9-15(6-8-18(16)40-11-19(29)30)36-23(38)20-17(28)7-1-12(21(20)27)10-34-24(39)25(31,32)33/h1-9,19H,10-11H2,(H,34,39)(H,35,37)(H,36,38). The van der Waals surface area contributed by atoms with E-state index in [0.29, 0.717) is 5.69 Å². The molecule has 40 heavy (non-hydrogen) atoms. The molecule has 0 fully saturated rings. The molecule has 15 heteroatoms. The number of alkyl halides is 5. The molecule has 0 aliphatic carbocycles. The van der Waals surface area contributed by atoms with Gasteiger partial charge in [0, 0.05) is 22.4 Å². The largest absolute Gasteiger partial charge is 0.487 e. The second kappa shape index (κ2) is 13.0. The molecule has 7 nitrogen and oxygen atoms in total. The Labute approximate surface area is 236 Å². The molecular formula is C25H17BrClF6N3O4. The maximum absolute atomic E-state index is 14.5. The third-order valence-electron chi connectivity index (χ3n) is 5.04. The van der Waals surface area contributed by atoms with Gasteiger partial charge in [-0.15, -0.1) is 0 Å². The van der Waals surface area contributed by atoms with E-state index in [1.54, 1.807) is 29.6 Å². The summed E-state index contributed by atoms with van der Waals surface area (Å²) in [4.78, 5) is 36.9. The number of anilines is 2. The van der Waals surface area contributed by atoms with Crippen molar-refractivity contribution in [2.24, 2.45) is 0 Å².